The summed E-state index contributed by atoms with van der Waals surface area (Å²) in [5.41, 5.74) is -5.39. The minimum Gasteiger partial charge on any atom is -0.444 e. The fraction of sp³-hybridized carbons (Fsp3) is 0.711. The van der Waals surface area contributed by atoms with Crippen molar-refractivity contribution in [3.05, 3.63) is 66.0 Å². The van der Waals surface area contributed by atoms with Crippen LogP contribution in [0.4, 0.5) is 53.0 Å². The van der Waals surface area contributed by atoms with E-state index < -0.39 is 95.6 Å². The second-order valence-electron chi connectivity index (χ2n) is 17.7. The number of carbonyl (C=O) groups is 2. The zero-order valence-electron chi connectivity index (χ0n) is 40.0. The molecule has 3 aliphatic heterocycles. The first kappa shape index (κ1) is 64.5. The van der Waals surface area contributed by atoms with E-state index in [1.165, 1.54) is 14.3 Å². The van der Waals surface area contributed by atoms with Gasteiger partial charge in [-0.2, -0.15) is 37.2 Å². The molecule has 410 valence electrons. The standard InChI is InChI=1S/C14H20F2N4O4.C11H21NO5S.C9H12F2N4O2.C4H3F2N3O2.ClH.H2S/c1-14(2,3)24-13(21)18-6-4-9(5-7-18)19-8-10(20(22)23)11(17-19)12(15)16;1-11(2,3)16-10(13)12-7-5-9(6-8-12)17-18(4,14)15;10-9(11)8-7(15(16)17)5-14(13-8)6-1-3-12-4-2-6;5-4(6)3-2(9(10)11)1-7-8-3;;/h8-9,12H,4-7H2,1-3H3;9H,5-8H2,1-4H3;5-6,9,12H,1-4H2;1,4H,(H,7,8);1H;1H2. The van der Waals surface area contributed by atoms with Crippen molar-refractivity contribution >= 4 is 65.3 Å². The Labute approximate surface area is 422 Å². The van der Waals surface area contributed by atoms with Crippen molar-refractivity contribution in [3.63, 3.8) is 0 Å². The maximum absolute atomic E-state index is 12.8. The molecule has 0 spiro atoms. The Morgan fingerprint density at radius 3 is 1.36 bits per heavy atom. The SMILES string of the molecule is CC(C)(C)OC(=O)N1CCC(OS(C)(=O)=O)CC1.CC(C)(C)OC(=O)N1CCC(n2cc([N+](=O)[O-])c(C(F)F)n2)CC1.Cl.O=[N+]([O-])c1cn(C2CCNCC2)nc1C(F)F.O=[N+]([O-])c1cn[nH]c1C(F)F.S. The van der Waals surface area contributed by atoms with Gasteiger partial charge in [-0.3, -0.25) is 49.0 Å². The fourth-order valence-electron chi connectivity index (χ4n) is 6.77. The molecular formula is C38H59ClF6N12O13S2. The number of amides is 2. The minimum absolute atomic E-state index is 0. The van der Waals surface area contributed by atoms with E-state index in [4.69, 9.17) is 13.7 Å². The summed E-state index contributed by atoms with van der Waals surface area (Å²) < 4.78 is 114. The molecule has 25 nitrogen and oxygen atoms in total. The van der Waals surface area contributed by atoms with Gasteiger partial charge < -0.3 is 24.6 Å². The third-order valence-corrected chi connectivity index (χ3v) is 10.5. The van der Waals surface area contributed by atoms with Crippen LogP contribution < -0.4 is 5.32 Å². The number of aromatic amines is 1. The lowest BCUT2D eigenvalue weighted by molar-refractivity contribution is -0.386. The Kier molecular flexibility index (Phi) is 25.1. The number of carbonyl (C=O) groups excluding carboxylic acids is 2. The molecule has 0 unspecified atom stereocenters. The van der Waals surface area contributed by atoms with Crippen LogP contribution in [0, 0.1) is 30.3 Å². The van der Waals surface area contributed by atoms with Gasteiger partial charge >= 0.3 is 29.2 Å². The first-order valence-corrected chi connectivity index (χ1v) is 23.2. The number of hydrogen-bond acceptors (Lipinski definition) is 17. The summed E-state index contributed by atoms with van der Waals surface area (Å²) in [6.07, 6.45) is -2.60. The van der Waals surface area contributed by atoms with Crippen LogP contribution >= 0.6 is 25.9 Å². The van der Waals surface area contributed by atoms with Gasteiger partial charge in [0, 0.05) is 26.2 Å². The molecule has 0 aromatic carbocycles. The predicted molar refractivity (Wildman–Crippen MR) is 249 cm³/mol. The summed E-state index contributed by atoms with van der Waals surface area (Å²) in [7, 11) is -3.42. The summed E-state index contributed by atoms with van der Waals surface area (Å²) in [5.74, 6) is 0. The van der Waals surface area contributed by atoms with Gasteiger partial charge in [0.25, 0.3) is 29.4 Å². The first-order valence-electron chi connectivity index (χ1n) is 21.4. The van der Waals surface area contributed by atoms with Crippen molar-refractivity contribution in [1.82, 2.24) is 44.9 Å². The molecule has 6 rings (SSSR count). The number of nitrogens with one attached hydrogen (secondary N) is 2. The number of piperidine rings is 3. The maximum atomic E-state index is 12.8. The highest BCUT2D eigenvalue weighted by Gasteiger charge is 2.34. The maximum Gasteiger partial charge on any atom is 0.410 e. The Balaban J connectivity index is 0.000000490. The number of halogens is 7. The molecule has 3 aromatic rings. The average molecular weight is 1110 g/mol. The minimum atomic E-state index is -3.42. The molecule has 6 heterocycles. The van der Waals surface area contributed by atoms with Crippen LogP contribution in [0.2, 0.25) is 0 Å². The summed E-state index contributed by atoms with van der Waals surface area (Å²) in [4.78, 5) is 55.7. The van der Waals surface area contributed by atoms with Crippen LogP contribution in [0.5, 0.6) is 0 Å². The molecule has 72 heavy (non-hydrogen) atoms. The van der Waals surface area contributed by atoms with Crippen LogP contribution in [0.1, 0.15) is 129 Å². The number of nitrogens with zero attached hydrogens (tertiary/aromatic N) is 10. The molecule has 0 radical (unpaired) electrons. The molecule has 3 aromatic heterocycles. The molecule has 2 amide bonds. The van der Waals surface area contributed by atoms with Crippen LogP contribution in [0.3, 0.4) is 0 Å². The summed E-state index contributed by atoms with van der Waals surface area (Å²) in [5, 5.41) is 46.9. The zero-order valence-corrected chi connectivity index (χ0v) is 42.7. The molecule has 0 saturated carbocycles. The lowest BCUT2D eigenvalue weighted by atomic mass is 10.1. The van der Waals surface area contributed by atoms with Crippen LogP contribution in [0.25, 0.3) is 0 Å². The van der Waals surface area contributed by atoms with E-state index in [0.717, 1.165) is 50.8 Å². The Morgan fingerprint density at radius 2 is 1.06 bits per heavy atom. The number of aromatic nitrogens is 6. The average Bonchev–Trinajstić information content (AvgIpc) is 4.03. The topological polar surface area (TPSA) is 308 Å². The highest BCUT2D eigenvalue weighted by molar-refractivity contribution is 7.86. The van der Waals surface area contributed by atoms with Gasteiger partial charge in [-0.15, -0.1) is 12.4 Å². The Bertz CT molecular complexity index is 2350. The molecule has 2 N–H and O–H groups in total. The predicted octanol–water partition coefficient (Wildman–Crippen LogP) is 8.11. The van der Waals surface area contributed by atoms with E-state index >= 15 is 0 Å². The van der Waals surface area contributed by atoms with Gasteiger partial charge in [0.15, 0.2) is 5.69 Å². The quantitative estimate of drug-likeness (QED) is 0.0838. The lowest BCUT2D eigenvalue weighted by Gasteiger charge is -2.33. The Hall–Kier alpha value is -5.54. The molecule has 0 aliphatic carbocycles. The van der Waals surface area contributed by atoms with E-state index in [1.807, 2.05) is 25.9 Å². The van der Waals surface area contributed by atoms with Crippen LogP contribution in [-0.2, 0) is 23.8 Å². The number of ether oxygens (including phenoxy) is 2. The molecule has 0 atom stereocenters. The largest absolute Gasteiger partial charge is 0.444 e. The number of rotatable bonds is 10. The molecule has 3 fully saturated rings. The van der Waals surface area contributed by atoms with Gasteiger partial charge in [-0.1, -0.05) is 0 Å². The number of nitro groups is 3. The van der Waals surface area contributed by atoms with Crippen molar-refractivity contribution in [1.29, 1.82) is 0 Å². The van der Waals surface area contributed by atoms with E-state index in [2.05, 4.69) is 20.6 Å². The van der Waals surface area contributed by atoms with E-state index in [-0.39, 0.29) is 50.2 Å². The summed E-state index contributed by atoms with van der Waals surface area (Å²) in [6.45, 7) is 13.9. The van der Waals surface area contributed by atoms with Gasteiger partial charge in [-0.05, 0) is 93.2 Å². The fourth-order valence-corrected chi connectivity index (χ4v) is 7.46. The molecule has 3 saturated heterocycles. The highest BCUT2D eigenvalue weighted by atomic mass is 35.5. The number of H-pyrrole nitrogens is 1. The molecular weight excluding hydrogens is 1050 g/mol. The monoisotopic (exact) mass is 1100 g/mol. The second kappa shape index (κ2) is 28.1. The smallest absolute Gasteiger partial charge is 0.410 e. The van der Waals surface area contributed by atoms with Gasteiger partial charge in [0.05, 0.1) is 39.2 Å². The van der Waals surface area contributed by atoms with Gasteiger partial charge in [-0.25, -0.2) is 35.9 Å². The number of likely N-dealkylation sites (tertiary alicyclic amines) is 2. The van der Waals surface area contributed by atoms with Gasteiger partial charge in [0.2, 0.25) is 11.4 Å². The lowest BCUT2D eigenvalue weighted by Crippen LogP contribution is -2.43. The molecule has 3 aliphatic rings. The van der Waals surface area contributed by atoms with Crippen molar-refractivity contribution in [2.45, 2.75) is 129 Å². The van der Waals surface area contributed by atoms with Crippen molar-refractivity contribution in [3.8, 4) is 0 Å². The van der Waals surface area contributed by atoms with E-state index in [9.17, 15) is 74.7 Å². The third-order valence-electron chi connectivity index (χ3n) is 9.93. The van der Waals surface area contributed by atoms with Gasteiger partial charge in [0.1, 0.15) is 29.8 Å². The second-order valence-corrected chi connectivity index (χ2v) is 19.3. The number of alkyl halides is 6. The summed E-state index contributed by atoms with van der Waals surface area (Å²) >= 11 is 0. The summed E-state index contributed by atoms with van der Waals surface area (Å²) in [6, 6.07) is -0.308. The van der Waals surface area contributed by atoms with Crippen molar-refractivity contribution in [2.75, 3.05) is 45.5 Å². The molecule has 0 bridgehead atoms. The number of hydrogen-bond donors (Lipinski definition) is 2. The van der Waals surface area contributed by atoms with Crippen LogP contribution in [-0.4, -0.2) is 138 Å². The van der Waals surface area contributed by atoms with E-state index in [1.54, 1.807) is 25.7 Å². The molecule has 34 heteroatoms. The first-order chi connectivity index (χ1) is 32.4. The third kappa shape index (κ3) is 20.9. The van der Waals surface area contributed by atoms with Crippen LogP contribution in [0.15, 0.2) is 18.6 Å². The van der Waals surface area contributed by atoms with Crippen molar-refractivity contribution < 1.29 is 72.8 Å². The zero-order chi connectivity index (χ0) is 52.9. The normalized spacial score (nSPS) is 15.9. The van der Waals surface area contributed by atoms with E-state index in [0.29, 0.717) is 51.9 Å². The van der Waals surface area contributed by atoms with Crippen molar-refractivity contribution in [2.24, 2.45) is 0 Å². The highest BCUT2D eigenvalue weighted by Crippen LogP contribution is 2.33. The Morgan fingerprint density at radius 1 is 0.681 bits per heavy atom.